The first-order valence-corrected chi connectivity index (χ1v) is 22.8. The molecule has 1 aliphatic carbocycles. The molecular weight excluding hydrogens is 815 g/mol. The molecule has 1 saturated carbocycles. The van der Waals surface area contributed by atoms with E-state index in [0.29, 0.717) is 56.9 Å². The van der Waals surface area contributed by atoms with Gasteiger partial charge in [0.05, 0.1) is 24.4 Å². The number of piperidine rings is 1. The number of Topliss-reactive ketones (excluding diaryl/α,β-unsaturated/α-hetero) is 1. The van der Waals surface area contributed by atoms with Crippen LogP contribution < -0.4 is 0 Å². The highest BCUT2D eigenvalue weighted by Gasteiger charge is 2.60. The van der Waals surface area contributed by atoms with Crippen molar-refractivity contribution in [3.8, 4) is 0 Å². The van der Waals surface area contributed by atoms with E-state index >= 15 is 0 Å². The van der Waals surface area contributed by atoms with Crippen LogP contribution >= 0.6 is 0 Å². The van der Waals surface area contributed by atoms with Crippen LogP contribution in [0.5, 0.6) is 0 Å². The van der Waals surface area contributed by atoms with Gasteiger partial charge < -0.3 is 48.3 Å². The van der Waals surface area contributed by atoms with Gasteiger partial charge in [-0.2, -0.15) is 0 Å². The number of ether oxygens (including phenoxy) is 7. The van der Waals surface area contributed by atoms with E-state index in [4.69, 9.17) is 33.2 Å². The Hall–Kier alpha value is -3.47. The maximum Gasteiger partial charge on any atom is 0.329 e. The fourth-order valence-corrected chi connectivity index (χ4v) is 10.3. The summed E-state index contributed by atoms with van der Waals surface area (Å²) in [5.41, 5.74) is 1.58. The lowest BCUT2D eigenvalue weighted by atomic mass is 9.81. The molecule has 0 aromatic carbocycles. The summed E-state index contributed by atoms with van der Waals surface area (Å²) in [5.74, 6) is -7.48. The van der Waals surface area contributed by atoms with Crippen molar-refractivity contribution in [1.82, 2.24) is 4.90 Å². The molecule has 15 unspecified atom stereocenters. The third kappa shape index (κ3) is 13.1. The minimum atomic E-state index is -2.16. The Balaban J connectivity index is 1.89. The first kappa shape index (κ1) is 52.2. The molecule has 0 aromatic heterocycles. The van der Waals surface area contributed by atoms with Crippen molar-refractivity contribution < 1.29 is 67.3 Å². The molecule has 0 spiro atoms. The van der Waals surface area contributed by atoms with E-state index in [1.165, 1.54) is 33.0 Å². The molecule has 3 heterocycles. The van der Waals surface area contributed by atoms with E-state index in [1.807, 2.05) is 32.9 Å². The first-order chi connectivity index (χ1) is 29.8. The number of aliphatic hydroxyl groups excluding tert-OH is 2. The molecule has 2 bridgehead atoms. The Kier molecular flexibility index (Phi) is 19.6. The Morgan fingerprint density at radius 1 is 0.889 bits per heavy atom. The van der Waals surface area contributed by atoms with Gasteiger partial charge in [-0.1, -0.05) is 44.6 Å². The van der Waals surface area contributed by atoms with Crippen LogP contribution in [0.1, 0.15) is 119 Å². The minimum absolute atomic E-state index is 0.0249. The quantitative estimate of drug-likeness (QED) is 0.166. The average molecular weight is 890 g/mol. The second kappa shape index (κ2) is 23.6. The Bertz CT molecular complexity index is 1660. The number of rotatable bonds is 9. The highest BCUT2D eigenvalue weighted by Crippen LogP contribution is 2.43. The molecule has 3 aliphatic heterocycles. The van der Waals surface area contributed by atoms with Crippen molar-refractivity contribution in [2.24, 2.45) is 29.6 Å². The lowest BCUT2D eigenvalue weighted by molar-refractivity contribution is -0.349. The van der Waals surface area contributed by atoms with Crippen molar-refractivity contribution in [1.29, 1.82) is 0 Å². The average Bonchev–Trinajstić information content (AvgIpc) is 3.23. The van der Waals surface area contributed by atoms with E-state index in [2.05, 4.69) is 6.58 Å². The lowest BCUT2D eigenvalue weighted by Crippen LogP contribution is -2.67. The van der Waals surface area contributed by atoms with E-state index in [-0.39, 0.29) is 49.5 Å². The number of methoxy groups -OCH3 is 3. The summed E-state index contributed by atoms with van der Waals surface area (Å²) in [4.78, 5) is 70.7. The van der Waals surface area contributed by atoms with Crippen molar-refractivity contribution in [3.05, 3.63) is 36.0 Å². The van der Waals surface area contributed by atoms with Crippen molar-refractivity contribution in [3.63, 3.8) is 0 Å². The van der Waals surface area contributed by atoms with Gasteiger partial charge in [0, 0.05) is 65.9 Å². The molecule has 4 rings (SSSR count). The minimum Gasteiger partial charge on any atom is -0.462 e. The number of nitrogens with zero attached hydrogens (tertiary/aromatic N) is 1. The zero-order chi connectivity index (χ0) is 46.8. The number of aliphatic hydroxyl groups is 2. The highest BCUT2D eigenvalue weighted by molar-refractivity contribution is 5.88. The smallest absolute Gasteiger partial charge is 0.329 e. The standard InChI is InChI=1S/C48H75NO14/c1-12-15-35-21-27(2)20-28(3)22-41(58-10)44-42(59-11)24-30(5)48(63-44,62-33(8)51)45(54)46(55)49-19-14-13-16-36(49)47(56)61-43(31(6)39(26-38(35)53)60-32(7)50)29(4)23-34-17-18-37(52)40(25-34)57-9/h12,21,23,28,30-31,34-37,39-45,52,54H,1,13-20,22,24-26H2,2-11H3. The molecule has 0 aromatic rings. The van der Waals surface area contributed by atoms with E-state index in [0.717, 1.165) is 5.57 Å². The topological polar surface area (TPSA) is 194 Å². The second-order valence-electron chi connectivity index (χ2n) is 18.6. The largest absolute Gasteiger partial charge is 0.462 e. The number of fused-ring (bicyclic) bond motifs is 3. The number of carbonyl (C=O) groups is 5. The molecule has 2 N–H and O–H groups in total. The van der Waals surface area contributed by atoms with E-state index < -0.39 is 96.1 Å². The molecule has 356 valence electrons. The summed E-state index contributed by atoms with van der Waals surface area (Å²) in [6, 6.07) is -1.15. The zero-order valence-corrected chi connectivity index (χ0v) is 39.2. The molecule has 0 radical (unpaired) electrons. The fourth-order valence-electron chi connectivity index (χ4n) is 10.3. The van der Waals surface area contributed by atoms with Crippen LogP contribution in [-0.2, 0) is 57.1 Å². The summed E-state index contributed by atoms with van der Waals surface area (Å²) in [7, 11) is 4.63. The van der Waals surface area contributed by atoms with Crippen LogP contribution in [0.4, 0.5) is 0 Å². The Morgan fingerprint density at radius 2 is 1.56 bits per heavy atom. The maximum absolute atomic E-state index is 14.8. The van der Waals surface area contributed by atoms with Gasteiger partial charge in [0.2, 0.25) is 0 Å². The second-order valence-corrected chi connectivity index (χ2v) is 18.6. The number of ketones is 1. The van der Waals surface area contributed by atoms with E-state index in [1.54, 1.807) is 27.0 Å². The first-order valence-electron chi connectivity index (χ1n) is 22.8. The number of allylic oxidation sites excluding steroid dienone is 4. The van der Waals surface area contributed by atoms with Crippen molar-refractivity contribution in [2.45, 2.75) is 180 Å². The van der Waals surface area contributed by atoms with Gasteiger partial charge in [-0.25, -0.2) is 4.79 Å². The molecule has 4 aliphatic rings. The summed E-state index contributed by atoms with van der Waals surface area (Å²) in [5, 5.41) is 22.8. The predicted molar refractivity (Wildman–Crippen MR) is 233 cm³/mol. The number of cyclic esters (lactones) is 1. The monoisotopic (exact) mass is 890 g/mol. The number of hydrogen-bond acceptors (Lipinski definition) is 14. The molecule has 15 atom stereocenters. The Labute approximate surface area is 374 Å². The summed E-state index contributed by atoms with van der Waals surface area (Å²) < 4.78 is 42.5. The third-order valence-electron chi connectivity index (χ3n) is 13.6. The number of esters is 3. The van der Waals surface area contributed by atoms with Crippen molar-refractivity contribution in [2.75, 3.05) is 27.9 Å². The Morgan fingerprint density at radius 3 is 2.17 bits per heavy atom. The van der Waals surface area contributed by atoms with Crippen LogP contribution in [0.15, 0.2) is 36.0 Å². The van der Waals surface area contributed by atoms with E-state index in [9.17, 15) is 34.2 Å². The van der Waals surface area contributed by atoms with Gasteiger partial charge >= 0.3 is 17.9 Å². The number of amides is 1. The number of carbonyl (C=O) groups excluding carboxylic acids is 5. The molecule has 3 fully saturated rings. The van der Waals surface area contributed by atoms with Gasteiger partial charge in [-0.05, 0) is 95.5 Å². The van der Waals surface area contributed by atoms with Crippen LogP contribution in [0.2, 0.25) is 0 Å². The molecule has 2 saturated heterocycles. The molecule has 15 nitrogen and oxygen atoms in total. The summed E-state index contributed by atoms with van der Waals surface area (Å²) >= 11 is 0. The maximum atomic E-state index is 14.8. The van der Waals surface area contributed by atoms with Crippen molar-refractivity contribution >= 4 is 29.6 Å². The summed E-state index contributed by atoms with van der Waals surface area (Å²) in [6.45, 7) is 15.8. The summed E-state index contributed by atoms with van der Waals surface area (Å²) in [6.07, 6.45) is 2.84. The normalized spacial score (nSPS) is 38.3. The van der Waals surface area contributed by atoms with Gasteiger partial charge in [0.25, 0.3) is 11.7 Å². The third-order valence-corrected chi connectivity index (χ3v) is 13.6. The van der Waals surface area contributed by atoms with Crippen LogP contribution in [0.25, 0.3) is 0 Å². The van der Waals surface area contributed by atoms with Crippen LogP contribution in [-0.4, -0.2) is 133 Å². The molecular formula is C48H75NO14. The van der Waals surface area contributed by atoms with Gasteiger partial charge in [-0.3, -0.25) is 19.2 Å². The van der Waals surface area contributed by atoms with Gasteiger partial charge in [-0.15, -0.1) is 6.58 Å². The zero-order valence-electron chi connectivity index (χ0n) is 39.2. The SMILES string of the molecule is C=CCC1C=C(C)CC(C)CC(OC)C2OC(OC(C)=O)(C(C)CC2OC)C(O)C(=O)N2CCCCC2C(=O)OC(C(C)=CC2CCC(O)C(OC)C2)C(C)C(OC(C)=O)CC1=O. The molecule has 63 heavy (non-hydrogen) atoms. The van der Waals surface area contributed by atoms with Crippen LogP contribution in [0, 0.1) is 29.6 Å². The predicted octanol–water partition coefficient (Wildman–Crippen LogP) is 5.57. The molecule has 15 heteroatoms. The van der Waals surface area contributed by atoms with Crippen LogP contribution in [0.3, 0.4) is 0 Å². The van der Waals surface area contributed by atoms with Gasteiger partial charge in [0.15, 0.2) is 6.10 Å². The fraction of sp³-hybridized carbons (Fsp3) is 0.771. The lowest BCUT2D eigenvalue weighted by Gasteiger charge is -2.51. The highest BCUT2D eigenvalue weighted by atomic mass is 16.7. The molecule has 1 amide bonds. The van der Waals surface area contributed by atoms with Gasteiger partial charge in [0.1, 0.15) is 30.1 Å². The number of hydrogen-bond donors (Lipinski definition) is 2.